The van der Waals surface area contributed by atoms with Gasteiger partial charge in [-0.2, -0.15) is 0 Å². The Labute approximate surface area is 544 Å². The van der Waals surface area contributed by atoms with Crippen LogP contribution >= 0.6 is 0 Å². The Morgan fingerprint density at radius 3 is 1.24 bits per heavy atom. The lowest BCUT2D eigenvalue weighted by atomic mass is 9.87. The summed E-state index contributed by atoms with van der Waals surface area (Å²) in [5.41, 5.74) is -1.88. The normalized spacial score (nSPS) is 27.1. The number of benzene rings is 6. The summed E-state index contributed by atoms with van der Waals surface area (Å²) in [6, 6.07) is 23.0. The van der Waals surface area contributed by atoms with Crippen LogP contribution in [0.3, 0.4) is 0 Å². The van der Waals surface area contributed by atoms with Crippen molar-refractivity contribution in [2.75, 3.05) is 19.8 Å². The van der Waals surface area contributed by atoms with Crippen LogP contribution in [0.4, 0.5) is 0 Å². The number of ether oxygens (including phenoxy) is 9. The average molecular weight is 1330 g/mol. The van der Waals surface area contributed by atoms with Crippen LogP contribution in [0.5, 0.6) is 57.5 Å². The molecule has 512 valence electrons. The Balaban J connectivity index is 0.000000193. The van der Waals surface area contributed by atoms with Crippen molar-refractivity contribution in [2.24, 2.45) is 11.8 Å². The Morgan fingerprint density at radius 1 is 0.432 bits per heavy atom. The zero-order valence-electron chi connectivity index (χ0n) is 51.8. The van der Waals surface area contributed by atoms with Crippen LogP contribution in [0.2, 0.25) is 0 Å². The van der Waals surface area contributed by atoms with Crippen molar-refractivity contribution in [3.8, 4) is 79.7 Å². The molecule has 3 saturated heterocycles. The average Bonchev–Trinajstić information content (AvgIpc) is 1.67. The minimum atomic E-state index is -1.69. The smallest absolute Gasteiger partial charge is 0.339 e. The minimum Gasteiger partial charge on any atom is -0.508 e. The lowest BCUT2D eigenvalue weighted by molar-refractivity contribution is -0.224. The van der Waals surface area contributed by atoms with E-state index in [2.05, 4.69) is 0 Å². The molecule has 27 heteroatoms. The van der Waals surface area contributed by atoms with Crippen LogP contribution in [-0.2, 0) is 55.8 Å². The molecule has 6 aromatic carbocycles. The quantitative estimate of drug-likeness (QED) is 0.0475. The summed E-state index contributed by atoms with van der Waals surface area (Å²) in [6.07, 6.45) is -11.3. The molecule has 3 fully saturated rings. The standard InChI is InChI=1S/C31H32O10.C21H20O13.C15H22O4.CH4/c1-14-21(32)10-19-24(26(14)34)25-20(11-22(33)15(2)27(25)35)31(37)41-29-16(3)28(38-12-18-8-6-5-7-9-18)17(4)40-23(29)13-39-30(19)36;1-5-13(24)18(29)19-10(33-5)4-32-20(30)6-2-8(22)14(25)16(27)11(6)12-7(21(31)34-19)3-9(23)15(26)17(12)28;1-10-14(17)13(8-16)19-11(2)15(10)18-9-12-6-4-3-5-7-12;/h5-11,16-17,23,28-29,32-35H,12-13H2,1-4H3;2-3,5,10,13,18-19,22-29H,4H2,1H3;3-7,10-11,13-17H,8-9H2,1-2H3;1H4/t16-,17-,23?,28?,29+;5-,10?,13?,18-,19-;10-,11+,13?,14-,15?;/m110./s1. The van der Waals surface area contributed by atoms with Gasteiger partial charge in [0.1, 0.15) is 72.8 Å². The molecule has 5 aliphatic rings. The third-order valence-corrected chi connectivity index (χ3v) is 17.4. The number of aliphatic hydroxyl groups is 4. The van der Waals surface area contributed by atoms with E-state index in [0.29, 0.717) is 25.3 Å². The lowest BCUT2D eigenvalue weighted by Gasteiger charge is -2.43. The second kappa shape index (κ2) is 29.6. The number of hydrogen-bond acceptors (Lipinski definition) is 27. The molecular weight excluding hydrogens is 1250 g/mol. The van der Waals surface area contributed by atoms with Crippen LogP contribution in [0, 0.1) is 25.7 Å². The maximum absolute atomic E-state index is 13.8. The molecule has 27 nitrogen and oxygen atoms in total. The van der Waals surface area contributed by atoms with Crippen LogP contribution in [0.25, 0.3) is 22.3 Å². The van der Waals surface area contributed by atoms with Crippen molar-refractivity contribution in [2.45, 2.75) is 148 Å². The van der Waals surface area contributed by atoms with Gasteiger partial charge in [0.15, 0.2) is 29.1 Å². The number of aliphatic hydroxyl groups excluding tert-OH is 4. The SMILES string of the molecule is C.C[C@@H]1C(OCc2ccccc2)[C@@H](C)OC(CO)[C@H]1O.C[C@H]1OC2COC(=O)c3cc(O)c(O)c(O)c3-c3c(cc(O)c(O)c3O)C(=O)O[C@H]2[C@H](O)C1O.Cc1c(O)cc2c(c1O)-c1c(cc(O)c(C)c1O)C(=O)O[C@@H]1C(COC2=O)O[C@H](C)C(OCc2ccccc2)[C@H]1C. The Bertz CT molecular complexity index is 3780. The number of carbonyl (C=O) groups excluding carboxylic acids is 4. The molecule has 14 N–H and O–H groups in total. The summed E-state index contributed by atoms with van der Waals surface area (Å²) >= 11 is 0. The van der Waals surface area contributed by atoms with Crippen molar-refractivity contribution < 1.29 is 133 Å². The van der Waals surface area contributed by atoms with E-state index in [0.717, 1.165) is 23.3 Å². The zero-order valence-corrected chi connectivity index (χ0v) is 51.8. The van der Waals surface area contributed by atoms with E-state index in [4.69, 9.17) is 47.7 Å². The number of carbonyl (C=O) groups is 4. The van der Waals surface area contributed by atoms with E-state index in [9.17, 15) is 85.6 Å². The van der Waals surface area contributed by atoms with Crippen LogP contribution < -0.4 is 0 Å². The summed E-state index contributed by atoms with van der Waals surface area (Å²) in [7, 11) is 0. The van der Waals surface area contributed by atoms with Crippen molar-refractivity contribution in [3.05, 3.63) is 129 Å². The van der Waals surface area contributed by atoms with Gasteiger partial charge in [0.05, 0.1) is 78.7 Å². The van der Waals surface area contributed by atoms with Crippen molar-refractivity contribution in [1.82, 2.24) is 0 Å². The van der Waals surface area contributed by atoms with Gasteiger partial charge in [-0.3, -0.25) is 0 Å². The second-order valence-corrected chi connectivity index (χ2v) is 23.6. The van der Waals surface area contributed by atoms with Gasteiger partial charge in [-0.05, 0) is 70.0 Å². The molecule has 0 radical (unpaired) electrons. The first-order valence-electron chi connectivity index (χ1n) is 29.9. The molecule has 0 amide bonds. The van der Waals surface area contributed by atoms with Gasteiger partial charge in [0.2, 0.25) is 11.5 Å². The fourth-order valence-corrected chi connectivity index (χ4v) is 12.1. The molecule has 6 aromatic rings. The molecular formula is C68H78O27. The number of esters is 4. The number of hydrogen-bond donors (Lipinski definition) is 14. The lowest BCUT2D eigenvalue weighted by Crippen LogP contribution is -2.59. The Hall–Kier alpha value is -9.16. The maximum Gasteiger partial charge on any atom is 0.339 e. The third kappa shape index (κ3) is 14.4. The zero-order chi connectivity index (χ0) is 68.5. The molecule has 6 unspecified atom stereocenters. The molecule has 0 saturated carbocycles. The van der Waals surface area contributed by atoms with Crippen molar-refractivity contribution in [3.63, 3.8) is 0 Å². The number of rotatable bonds is 7. The van der Waals surface area contributed by atoms with E-state index in [-0.39, 0.29) is 77.9 Å². The fourth-order valence-electron chi connectivity index (χ4n) is 12.1. The fraction of sp³-hybridized carbons (Fsp3) is 0.412. The molecule has 0 bridgehead atoms. The van der Waals surface area contributed by atoms with Gasteiger partial charge in [0, 0.05) is 45.2 Å². The monoisotopic (exact) mass is 1330 g/mol. The Kier molecular flexibility index (Phi) is 22.4. The molecule has 0 aromatic heterocycles. The van der Waals surface area contributed by atoms with E-state index in [1.807, 2.05) is 88.4 Å². The molecule has 95 heavy (non-hydrogen) atoms. The third-order valence-electron chi connectivity index (χ3n) is 17.4. The molecule has 15 atom stereocenters. The highest BCUT2D eigenvalue weighted by Gasteiger charge is 2.49. The van der Waals surface area contributed by atoms with E-state index < -0.39 is 178 Å². The van der Waals surface area contributed by atoms with Crippen molar-refractivity contribution >= 4 is 23.9 Å². The summed E-state index contributed by atoms with van der Waals surface area (Å²) < 4.78 is 51.3. The molecule has 0 aliphatic carbocycles. The molecule has 5 heterocycles. The summed E-state index contributed by atoms with van der Waals surface area (Å²) in [4.78, 5) is 53.2. The molecule has 5 aliphatic heterocycles. The summed E-state index contributed by atoms with van der Waals surface area (Å²) in [5, 5.41) is 144. The number of aromatic hydroxyl groups is 10. The van der Waals surface area contributed by atoms with E-state index in [1.165, 1.54) is 20.8 Å². The molecule has 0 spiro atoms. The summed E-state index contributed by atoms with van der Waals surface area (Å²) in [5.74, 6) is -13.4. The Morgan fingerprint density at radius 2 is 0.800 bits per heavy atom. The van der Waals surface area contributed by atoms with Gasteiger partial charge in [0.25, 0.3) is 0 Å². The van der Waals surface area contributed by atoms with Gasteiger partial charge in [-0.25, -0.2) is 19.2 Å². The summed E-state index contributed by atoms with van der Waals surface area (Å²) in [6.45, 7) is 11.4. The predicted molar refractivity (Wildman–Crippen MR) is 332 cm³/mol. The topological polar surface area (TPSA) is 435 Å². The number of fused-ring (bicyclic) bond motifs is 8. The van der Waals surface area contributed by atoms with Crippen LogP contribution in [-0.4, -0.2) is 195 Å². The molecule has 11 rings (SSSR count). The van der Waals surface area contributed by atoms with Crippen LogP contribution in [0.1, 0.15) is 106 Å². The number of cyclic esters (lactones) is 2. The highest BCUT2D eigenvalue weighted by Crippen LogP contribution is 2.54. The first-order chi connectivity index (χ1) is 44.6. The highest BCUT2D eigenvalue weighted by atomic mass is 16.6. The minimum absolute atomic E-state index is 0. The van der Waals surface area contributed by atoms with E-state index in [1.54, 1.807) is 0 Å². The first-order valence-corrected chi connectivity index (χ1v) is 29.9. The second-order valence-electron chi connectivity index (χ2n) is 23.6. The first kappa shape index (κ1) is 71.7. The van der Waals surface area contributed by atoms with E-state index >= 15 is 0 Å². The van der Waals surface area contributed by atoms with Crippen LogP contribution in [0.15, 0.2) is 84.9 Å². The highest BCUT2D eigenvalue weighted by molar-refractivity contribution is 6.09. The van der Waals surface area contributed by atoms with Gasteiger partial charge in [-0.1, -0.05) is 81.9 Å². The van der Waals surface area contributed by atoms with Gasteiger partial charge >= 0.3 is 23.9 Å². The maximum atomic E-state index is 13.8. The number of phenolic OH excluding ortho intramolecular Hbond substituents is 10. The predicted octanol–water partition coefficient (Wildman–Crippen LogP) is 6.27. The van der Waals surface area contributed by atoms with Gasteiger partial charge in [-0.15, -0.1) is 0 Å². The van der Waals surface area contributed by atoms with Crippen molar-refractivity contribution in [1.29, 1.82) is 0 Å². The largest absolute Gasteiger partial charge is 0.508 e. The van der Waals surface area contributed by atoms with Gasteiger partial charge < -0.3 is 114 Å². The number of phenols is 10.